The molecule has 20 nitrogen and oxygen atoms in total. The smallest absolute Gasteiger partial charge is 0.407 e. The molecule has 1 aliphatic heterocycles. The van der Waals surface area contributed by atoms with Crippen molar-refractivity contribution in [1.82, 2.24) is 25.5 Å². The number of carbonyl (C=O) groups is 3. The fourth-order valence-electron chi connectivity index (χ4n) is 8.57. The highest BCUT2D eigenvalue weighted by Gasteiger charge is 2.41. The molecule has 6 unspecified atom stereocenters. The van der Waals surface area contributed by atoms with Crippen molar-refractivity contribution >= 4 is 55.5 Å². The Balaban J connectivity index is 1.68. The summed E-state index contributed by atoms with van der Waals surface area (Å²) in [5.41, 5.74) is -0.936. The van der Waals surface area contributed by atoms with Crippen LogP contribution in [0.5, 0.6) is 0 Å². The lowest BCUT2D eigenvalue weighted by atomic mass is 10.1. The molecule has 1 aromatic rings. The van der Waals surface area contributed by atoms with E-state index in [1.165, 1.54) is 128 Å². The fraction of sp³-hybridized carbons (Fsp3) is 0.865. The molecule has 2 rings (SSSR count). The molecule has 1 aliphatic rings. The van der Waals surface area contributed by atoms with Gasteiger partial charge in [0.15, 0.2) is 0 Å². The minimum atomic E-state index is -4.12. The minimum absolute atomic E-state index is 0.0183. The van der Waals surface area contributed by atoms with Crippen molar-refractivity contribution in [2.24, 2.45) is 0 Å². The van der Waals surface area contributed by atoms with Crippen LogP contribution in [0.15, 0.2) is 15.8 Å². The van der Waals surface area contributed by atoms with Crippen LogP contribution in [0.25, 0.3) is 0 Å². The molecule has 1 aromatic heterocycles. The molecule has 442 valence electrons. The number of methoxy groups -OCH3 is 1. The molecular formula is C52H97N5O15P2S2. The van der Waals surface area contributed by atoms with Crippen molar-refractivity contribution in [3.05, 3.63) is 32.6 Å². The third-order valence-corrected chi connectivity index (χ3v) is 16.3. The molecule has 3 amide bonds. The first-order valence-corrected chi connectivity index (χ1v) is 33.7. The van der Waals surface area contributed by atoms with Crippen LogP contribution in [0.4, 0.5) is 4.79 Å². The second-order valence-electron chi connectivity index (χ2n) is 20.0. The van der Waals surface area contributed by atoms with Gasteiger partial charge in [0.1, 0.15) is 30.6 Å². The fourth-order valence-corrected chi connectivity index (χ4v) is 11.3. The lowest BCUT2D eigenvalue weighted by Gasteiger charge is -2.23. The van der Waals surface area contributed by atoms with Gasteiger partial charge in [0, 0.05) is 44.7 Å². The second kappa shape index (κ2) is 42.7. The average molecular weight is 1160 g/mol. The zero-order valence-electron chi connectivity index (χ0n) is 46.3. The predicted molar refractivity (Wildman–Crippen MR) is 303 cm³/mol. The van der Waals surface area contributed by atoms with Crippen LogP contribution < -0.4 is 27.2 Å². The zero-order chi connectivity index (χ0) is 55.9. The molecule has 6 atom stereocenters. The number of carbonyl (C=O) groups excluding carboxylic acids is 3. The Bertz CT molecular complexity index is 1910. The molecule has 1 saturated heterocycles. The van der Waals surface area contributed by atoms with Gasteiger partial charge in [-0.3, -0.25) is 33.0 Å². The summed E-state index contributed by atoms with van der Waals surface area (Å²) >= 11 is 9.11. The number of aromatic nitrogens is 2. The van der Waals surface area contributed by atoms with Crippen molar-refractivity contribution in [2.75, 3.05) is 53.2 Å². The Hall–Kier alpha value is -2.20. The molecule has 1 fully saturated rings. The van der Waals surface area contributed by atoms with E-state index in [1.807, 2.05) is 0 Å². The van der Waals surface area contributed by atoms with Gasteiger partial charge < -0.3 is 49.2 Å². The van der Waals surface area contributed by atoms with Gasteiger partial charge in [-0.2, -0.15) is 0 Å². The van der Waals surface area contributed by atoms with Crippen molar-refractivity contribution in [3.8, 4) is 0 Å². The Labute approximate surface area is 463 Å². The number of rotatable bonds is 48. The number of thiol groups is 1. The first-order chi connectivity index (χ1) is 36.5. The number of H-pyrrole nitrogens is 1. The number of aromatic amines is 1. The number of hydrogen-bond acceptors (Lipinski definition) is 15. The standard InChI is InChI=1S/C52H97N5O15P2S2/c1-5-7-9-11-13-15-17-19-21-23-27-31-47(59)54-36-44(37-55-48(60)32-28-24-22-20-18-16-14-12-10-8-6-2)70-52(63)53-33-29-25-26-30-34-67-73(64,75)68-39-43(58)40-69-74(65,76)72-45-35-49(71-46(45)41-66-4)57-38-42(3)50(61)56-51(57)62/h38,43-46,49,58H,5-37,39-41H2,1-4H3,(H,53,63)(H,54,59)(H,55,60)(H,64,75)(H,65,76)(H,56,61,62). The maximum atomic E-state index is 13.1. The Morgan fingerprint density at radius 2 is 1.25 bits per heavy atom. The van der Waals surface area contributed by atoms with E-state index in [9.17, 15) is 38.5 Å². The summed E-state index contributed by atoms with van der Waals surface area (Å²) in [6.07, 6.45) is 25.6. The predicted octanol–water partition coefficient (Wildman–Crippen LogP) is 10.1. The lowest BCUT2D eigenvalue weighted by Crippen LogP contribution is -2.44. The van der Waals surface area contributed by atoms with Gasteiger partial charge in [-0.25, -0.2) is 14.2 Å². The molecule has 0 aliphatic carbocycles. The summed E-state index contributed by atoms with van der Waals surface area (Å²) in [7, 11) is 1.43. The van der Waals surface area contributed by atoms with Gasteiger partial charge in [0.25, 0.3) is 5.56 Å². The number of nitrogens with one attached hydrogen (secondary N) is 4. The maximum Gasteiger partial charge on any atom is 0.407 e. The maximum absolute atomic E-state index is 13.1. The SMILES string of the molecule is CCCCCCCCCCCCCC(=O)NCC(CNC(=O)CCCCCCCCCCCCC)OC(=O)NCCCCCCOP(O)(=S)OCC(O)COP(=O)(S)OC1CC(n2cc(C)c(=O)[nH]c2=O)OC1COC. The van der Waals surface area contributed by atoms with Gasteiger partial charge in [-0.05, 0) is 44.4 Å². The van der Waals surface area contributed by atoms with Crippen LogP contribution >= 0.6 is 25.8 Å². The van der Waals surface area contributed by atoms with E-state index in [1.54, 1.807) is 0 Å². The van der Waals surface area contributed by atoms with Crippen molar-refractivity contribution < 1.29 is 61.3 Å². The number of nitrogens with zero attached hydrogens (tertiary/aromatic N) is 1. The van der Waals surface area contributed by atoms with Crippen LogP contribution in [-0.2, 0) is 58.3 Å². The highest BCUT2D eigenvalue weighted by molar-refractivity contribution is 8.44. The van der Waals surface area contributed by atoms with E-state index in [-0.39, 0.29) is 50.1 Å². The quantitative estimate of drug-likeness (QED) is 0.0182. The molecule has 0 radical (unpaired) electrons. The number of ether oxygens (including phenoxy) is 3. The molecule has 6 N–H and O–H groups in total. The second-order valence-corrected chi connectivity index (χ2v) is 25.7. The number of hydrogen-bond donors (Lipinski definition) is 7. The average Bonchev–Trinajstić information content (AvgIpc) is 3.76. The van der Waals surface area contributed by atoms with Crippen molar-refractivity contribution in [1.29, 1.82) is 0 Å². The number of alkyl carbamates (subject to hydrolysis) is 1. The summed E-state index contributed by atoms with van der Waals surface area (Å²) in [5, 5.41) is 19.0. The first kappa shape index (κ1) is 69.9. The van der Waals surface area contributed by atoms with Crippen LogP contribution in [0.2, 0.25) is 0 Å². The van der Waals surface area contributed by atoms with Gasteiger partial charge >= 0.3 is 25.3 Å². The molecule has 76 heavy (non-hydrogen) atoms. The third-order valence-electron chi connectivity index (χ3n) is 13.0. The van der Waals surface area contributed by atoms with E-state index in [0.717, 1.165) is 38.5 Å². The van der Waals surface area contributed by atoms with Crippen LogP contribution in [0, 0.1) is 6.92 Å². The molecule has 0 aromatic carbocycles. The number of aliphatic hydroxyl groups excluding tert-OH is 1. The van der Waals surface area contributed by atoms with Gasteiger partial charge in [-0.15, -0.1) is 0 Å². The topological polar surface area (TPSA) is 264 Å². The number of amides is 3. The van der Waals surface area contributed by atoms with Gasteiger partial charge in [0.2, 0.25) is 11.8 Å². The monoisotopic (exact) mass is 1160 g/mol. The van der Waals surface area contributed by atoms with Gasteiger partial charge in [-0.1, -0.05) is 167 Å². The Morgan fingerprint density at radius 1 is 0.763 bits per heavy atom. The zero-order valence-corrected chi connectivity index (χ0v) is 49.8. The minimum Gasteiger partial charge on any atom is -0.442 e. The highest BCUT2D eigenvalue weighted by atomic mass is 32.7. The molecule has 0 saturated carbocycles. The largest absolute Gasteiger partial charge is 0.442 e. The molecule has 0 bridgehead atoms. The third kappa shape index (κ3) is 34.7. The van der Waals surface area contributed by atoms with Crippen molar-refractivity contribution in [3.63, 3.8) is 0 Å². The molecule has 2 heterocycles. The van der Waals surface area contributed by atoms with E-state index >= 15 is 0 Å². The lowest BCUT2D eigenvalue weighted by molar-refractivity contribution is -0.121. The Morgan fingerprint density at radius 3 is 1.78 bits per heavy atom. The summed E-state index contributed by atoms with van der Waals surface area (Å²) < 4.78 is 52.7. The number of aliphatic hydroxyl groups is 1. The summed E-state index contributed by atoms with van der Waals surface area (Å²) in [6, 6.07) is 0. The highest BCUT2D eigenvalue weighted by Crippen LogP contribution is 2.56. The van der Waals surface area contributed by atoms with Crippen LogP contribution in [0.1, 0.15) is 212 Å². The van der Waals surface area contributed by atoms with Crippen molar-refractivity contribution in [2.45, 2.75) is 238 Å². The number of aryl methyl sites for hydroxylation is 1. The summed E-state index contributed by atoms with van der Waals surface area (Å²) in [6.45, 7) is -2.34. The molecular weight excluding hydrogens is 1060 g/mol. The van der Waals surface area contributed by atoms with E-state index < -0.39 is 74.7 Å². The molecule has 24 heteroatoms. The first-order valence-electron chi connectivity index (χ1n) is 28.4. The van der Waals surface area contributed by atoms with Crippen LogP contribution in [-0.4, -0.2) is 115 Å². The molecule has 0 spiro atoms. The van der Waals surface area contributed by atoms with E-state index in [4.69, 9.17) is 44.1 Å². The number of unbranched alkanes of at least 4 members (excludes halogenated alkanes) is 23. The normalized spacial score (nSPS) is 17.6. The Kier molecular flexibility index (Phi) is 39.2. The summed E-state index contributed by atoms with van der Waals surface area (Å²) in [4.78, 5) is 75.3. The summed E-state index contributed by atoms with van der Waals surface area (Å²) in [5.74, 6) is -0.211. The van der Waals surface area contributed by atoms with E-state index in [2.05, 4.69) is 47.0 Å². The van der Waals surface area contributed by atoms with E-state index in [0.29, 0.717) is 45.1 Å². The van der Waals surface area contributed by atoms with Gasteiger partial charge in [0.05, 0.1) is 39.5 Å². The van der Waals surface area contributed by atoms with Crippen LogP contribution in [0.3, 0.4) is 0 Å².